The van der Waals surface area contributed by atoms with Crippen LogP contribution in [0.5, 0.6) is 0 Å². The number of carbonyl (C=O) groups is 1. The second-order valence-corrected chi connectivity index (χ2v) is 3.94. The lowest BCUT2D eigenvalue weighted by molar-refractivity contribution is -0.136. The molecule has 0 bridgehead atoms. The minimum atomic E-state index is -0.795. The van der Waals surface area contributed by atoms with Crippen molar-refractivity contribution in [2.45, 2.75) is 17.7 Å². The van der Waals surface area contributed by atoms with Crippen molar-refractivity contribution in [2.24, 2.45) is 0 Å². The van der Waals surface area contributed by atoms with Gasteiger partial charge in [0.2, 0.25) is 0 Å². The first kappa shape index (κ1) is 10.3. The van der Waals surface area contributed by atoms with Crippen LogP contribution in [0.4, 0.5) is 0 Å². The Labute approximate surface area is 85.7 Å². The van der Waals surface area contributed by atoms with Crippen LogP contribution in [-0.2, 0) is 11.2 Å². The van der Waals surface area contributed by atoms with Gasteiger partial charge in [-0.25, -0.2) is 0 Å². The Hall–Kier alpha value is -0.830. The number of benzene rings is 1. The monoisotopic (exact) mass is 242 g/mol. The third kappa shape index (κ3) is 3.59. The predicted octanol–water partition coefficient (Wildman–Crippen LogP) is 2.47. The third-order valence-corrected chi connectivity index (χ3v) is 2.65. The first-order chi connectivity index (χ1) is 6.20. The summed E-state index contributed by atoms with van der Waals surface area (Å²) in [6.07, 6.45) is 1.42. The second-order valence-electron chi connectivity index (χ2n) is 2.83. The fourth-order valence-corrected chi connectivity index (χ4v) is 1.29. The molecule has 1 aromatic rings. The van der Waals surface area contributed by atoms with Crippen LogP contribution in [0, 0.1) is 0 Å². The lowest BCUT2D eigenvalue weighted by Gasteiger charge is -2.03. The van der Waals surface area contributed by atoms with E-state index in [0.717, 1.165) is 6.42 Å². The Bertz CT molecular complexity index is 272. The van der Waals surface area contributed by atoms with E-state index < -0.39 is 10.8 Å². The molecule has 0 aliphatic carbocycles. The van der Waals surface area contributed by atoms with Gasteiger partial charge >= 0.3 is 5.97 Å². The van der Waals surface area contributed by atoms with E-state index in [4.69, 9.17) is 5.11 Å². The average molecular weight is 243 g/mol. The van der Waals surface area contributed by atoms with Crippen LogP contribution in [0.15, 0.2) is 30.3 Å². The van der Waals surface area contributed by atoms with E-state index in [1.165, 1.54) is 5.56 Å². The van der Waals surface area contributed by atoms with Crippen LogP contribution in [0.3, 0.4) is 0 Å². The molecule has 0 radical (unpaired) electrons. The third-order valence-electron chi connectivity index (χ3n) is 1.80. The summed E-state index contributed by atoms with van der Waals surface area (Å²) >= 11 is 3.10. The number of rotatable bonds is 4. The van der Waals surface area contributed by atoms with E-state index in [9.17, 15) is 4.79 Å². The van der Waals surface area contributed by atoms with Gasteiger partial charge in [-0.05, 0) is 18.4 Å². The van der Waals surface area contributed by atoms with Gasteiger partial charge in [0.25, 0.3) is 0 Å². The lowest BCUT2D eigenvalue weighted by atomic mass is 10.1. The van der Waals surface area contributed by atoms with Crippen molar-refractivity contribution < 1.29 is 9.90 Å². The van der Waals surface area contributed by atoms with E-state index in [0.29, 0.717) is 6.42 Å². The number of carboxylic acids is 1. The number of hydrogen-bond donors (Lipinski definition) is 1. The van der Waals surface area contributed by atoms with Gasteiger partial charge in [0, 0.05) is 0 Å². The molecule has 0 saturated carbocycles. The van der Waals surface area contributed by atoms with Gasteiger partial charge in [-0.3, -0.25) is 4.79 Å². The zero-order chi connectivity index (χ0) is 9.68. The molecule has 1 atom stereocenters. The van der Waals surface area contributed by atoms with E-state index in [-0.39, 0.29) is 0 Å². The molecule has 0 aromatic heterocycles. The molecule has 0 amide bonds. The highest BCUT2D eigenvalue weighted by Crippen LogP contribution is 2.10. The summed E-state index contributed by atoms with van der Waals surface area (Å²) in [4.78, 5) is 10.0. The molecular weight excluding hydrogens is 232 g/mol. The maximum atomic E-state index is 10.5. The first-order valence-electron chi connectivity index (χ1n) is 4.11. The molecule has 1 N–H and O–H groups in total. The van der Waals surface area contributed by atoms with Gasteiger partial charge in [-0.15, -0.1) is 0 Å². The Morgan fingerprint density at radius 1 is 1.38 bits per heavy atom. The molecular formula is C10H11BrO2. The topological polar surface area (TPSA) is 37.3 Å². The SMILES string of the molecule is O=C(O)[C@H](Br)CCc1ccccc1. The van der Waals surface area contributed by atoms with Crippen LogP contribution in [0.2, 0.25) is 0 Å². The maximum absolute atomic E-state index is 10.5. The van der Waals surface area contributed by atoms with Crippen molar-refractivity contribution in [3.8, 4) is 0 Å². The summed E-state index contributed by atoms with van der Waals surface area (Å²) in [6.45, 7) is 0. The van der Waals surface area contributed by atoms with Crippen LogP contribution >= 0.6 is 15.9 Å². The normalized spacial score (nSPS) is 12.4. The molecule has 2 nitrogen and oxygen atoms in total. The number of halogens is 1. The second kappa shape index (κ2) is 5.02. The minimum absolute atomic E-state index is 0.437. The Morgan fingerprint density at radius 3 is 2.54 bits per heavy atom. The van der Waals surface area contributed by atoms with Gasteiger partial charge in [0.05, 0.1) is 0 Å². The minimum Gasteiger partial charge on any atom is -0.480 e. The highest BCUT2D eigenvalue weighted by molar-refractivity contribution is 9.10. The number of carboxylic acid groups (broad SMARTS) is 1. The average Bonchev–Trinajstić information content (AvgIpc) is 2.15. The molecule has 0 aliphatic heterocycles. The van der Waals surface area contributed by atoms with E-state index in [1.807, 2.05) is 30.3 Å². The van der Waals surface area contributed by atoms with Crippen molar-refractivity contribution in [2.75, 3.05) is 0 Å². The molecule has 0 heterocycles. The highest BCUT2D eigenvalue weighted by atomic mass is 79.9. The molecule has 70 valence electrons. The summed E-state index contributed by atoms with van der Waals surface area (Å²) in [5.74, 6) is -0.795. The number of alkyl halides is 1. The zero-order valence-corrected chi connectivity index (χ0v) is 8.70. The Balaban J connectivity index is 2.39. The summed E-state index contributed by atoms with van der Waals surface area (Å²) in [5.41, 5.74) is 1.17. The van der Waals surface area contributed by atoms with Crippen molar-refractivity contribution in [3.05, 3.63) is 35.9 Å². The summed E-state index contributed by atoms with van der Waals surface area (Å²) in [7, 11) is 0. The maximum Gasteiger partial charge on any atom is 0.317 e. The molecule has 0 saturated heterocycles. The van der Waals surface area contributed by atoms with Crippen molar-refractivity contribution in [3.63, 3.8) is 0 Å². The van der Waals surface area contributed by atoms with Gasteiger partial charge in [0.15, 0.2) is 0 Å². The lowest BCUT2D eigenvalue weighted by Crippen LogP contribution is -2.13. The molecule has 0 unspecified atom stereocenters. The molecule has 1 aromatic carbocycles. The van der Waals surface area contributed by atoms with Gasteiger partial charge in [-0.2, -0.15) is 0 Å². The smallest absolute Gasteiger partial charge is 0.317 e. The van der Waals surface area contributed by atoms with Crippen molar-refractivity contribution in [1.29, 1.82) is 0 Å². The molecule has 0 aliphatic rings. The van der Waals surface area contributed by atoms with E-state index in [2.05, 4.69) is 15.9 Å². The van der Waals surface area contributed by atoms with Crippen LogP contribution in [-0.4, -0.2) is 15.9 Å². The van der Waals surface area contributed by atoms with Crippen molar-refractivity contribution >= 4 is 21.9 Å². The van der Waals surface area contributed by atoms with Gasteiger partial charge < -0.3 is 5.11 Å². The number of aryl methyl sites for hydroxylation is 1. The largest absolute Gasteiger partial charge is 0.480 e. The number of aliphatic carboxylic acids is 1. The molecule has 1 rings (SSSR count). The molecule has 0 spiro atoms. The van der Waals surface area contributed by atoms with Gasteiger partial charge in [-0.1, -0.05) is 46.3 Å². The summed E-state index contributed by atoms with van der Waals surface area (Å²) < 4.78 is 0. The molecule has 0 fully saturated rings. The Morgan fingerprint density at radius 2 is 2.00 bits per heavy atom. The predicted molar refractivity (Wildman–Crippen MR) is 55.1 cm³/mol. The van der Waals surface area contributed by atoms with Crippen LogP contribution < -0.4 is 0 Å². The van der Waals surface area contributed by atoms with Gasteiger partial charge in [0.1, 0.15) is 4.83 Å². The summed E-state index contributed by atoms with van der Waals surface area (Å²) in [5, 5.41) is 8.61. The summed E-state index contributed by atoms with van der Waals surface area (Å²) in [6, 6.07) is 9.87. The highest BCUT2D eigenvalue weighted by Gasteiger charge is 2.11. The fraction of sp³-hybridized carbons (Fsp3) is 0.300. The quantitative estimate of drug-likeness (QED) is 0.825. The first-order valence-corrected chi connectivity index (χ1v) is 5.02. The van der Waals surface area contributed by atoms with E-state index >= 15 is 0 Å². The number of hydrogen-bond acceptors (Lipinski definition) is 1. The fourth-order valence-electron chi connectivity index (χ4n) is 1.06. The van der Waals surface area contributed by atoms with E-state index in [1.54, 1.807) is 0 Å². The van der Waals surface area contributed by atoms with Crippen molar-refractivity contribution in [1.82, 2.24) is 0 Å². The zero-order valence-electron chi connectivity index (χ0n) is 7.11. The van der Waals surface area contributed by atoms with Crippen LogP contribution in [0.25, 0.3) is 0 Å². The standard InChI is InChI=1S/C10H11BrO2/c11-9(10(12)13)7-6-8-4-2-1-3-5-8/h1-5,9H,6-7H2,(H,12,13)/t9-/m1/s1. The molecule has 13 heavy (non-hydrogen) atoms. The van der Waals surface area contributed by atoms with Crippen LogP contribution in [0.1, 0.15) is 12.0 Å². The Kier molecular flexibility index (Phi) is 3.96. The molecule has 3 heteroatoms.